The van der Waals surface area contributed by atoms with Gasteiger partial charge in [0.25, 0.3) is 11.8 Å². The van der Waals surface area contributed by atoms with Crippen molar-refractivity contribution in [3.8, 4) is 0 Å². The van der Waals surface area contributed by atoms with Gasteiger partial charge in [0.2, 0.25) is 0 Å². The summed E-state index contributed by atoms with van der Waals surface area (Å²) in [6.07, 6.45) is 1.33. The third kappa shape index (κ3) is 4.48. The Kier molecular flexibility index (Phi) is 5.78. The number of carbonyl (C=O) groups excluding carboxylic acids is 2. The molecule has 1 N–H and O–H groups in total. The Morgan fingerprint density at radius 3 is 2.33 bits per heavy atom. The maximum absolute atomic E-state index is 13.8. The van der Waals surface area contributed by atoms with Crippen molar-refractivity contribution in [3.05, 3.63) is 71.0 Å². The average Bonchev–Trinajstić information content (AvgIpc) is 2.68. The highest BCUT2D eigenvalue weighted by Crippen LogP contribution is 2.20. The topological polar surface area (TPSA) is 49.4 Å². The van der Waals surface area contributed by atoms with Crippen LogP contribution in [0.5, 0.6) is 0 Å². The zero-order valence-corrected chi connectivity index (χ0v) is 14.6. The van der Waals surface area contributed by atoms with Gasteiger partial charge in [0.05, 0.1) is 5.56 Å². The fourth-order valence-electron chi connectivity index (χ4n) is 3.12. The van der Waals surface area contributed by atoms with Crippen molar-refractivity contribution in [1.29, 1.82) is 0 Å². The lowest BCUT2D eigenvalue weighted by atomic mass is 9.96. The van der Waals surface area contributed by atoms with E-state index in [0.717, 1.165) is 12.1 Å². The standard InChI is InChI=1S/C20H19F3N2O2/c21-16-4-2-1-3-15(16)20(27)25-9-7-13(8-10-25)12-24-19(26)14-5-6-17(22)18(23)11-14/h1-6,11,13H,7-10,12H2,(H,24,26). The number of rotatable bonds is 4. The molecule has 1 saturated heterocycles. The normalized spacial score (nSPS) is 14.9. The molecule has 7 heteroatoms. The van der Waals surface area contributed by atoms with E-state index in [1.807, 2.05) is 0 Å². The van der Waals surface area contributed by atoms with Gasteiger partial charge in [-0.3, -0.25) is 9.59 Å². The number of hydrogen-bond donors (Lipinski definition) is 1. The van der Waals surface area contributed by atoms with Crippen LogP contribution in [0.4, 0.5) is 13.2 Å². The van der Waals surface area contributed by atoms with E-state index >= 15 is 0 Å². The molecule has 27 heavy (non-hydrogen) atoms. The summed E-state index contributed by atoms with van der Waals surface area (Å²) < 4.78 is 39.9. The molecule has 0 radical (unpaired) electrons. The third-order valence-corrected chi connectivity index (χ3v) is 4.74. The fraction of sp³-hybridized carbons (Fsp3) is 0.300. The number of hydrogen-bond acceptors (Lipinski definition) is 2. The number of amides is 2. The number of likely N-dealkylation sites (tertiary alicyclic amines) is 1. The van der Waals surface area contributed by atoms with Crippen LogP contribution in [-0.4, -0.2) is 36.3 Å². The van der Waals surface area contributed by atoms with Crippen molar-refractivity contribution in [2.24, 2.45) is 5.92 Å². The molecule has 2 aromatic rings. The zero-order chi connectivity index (χ0) is 19.4. The first-order valence-corrected chi connectivity index (χ1v) is 8.72. The summed E-state index contributed by atoms with van der Waals surface area (Å²) in [5.74, 6) is -3.26. The fourth-order valence-corrected chi connectivity index (χ4v) is 3.12. The van der Waals surface area contributed by atoms with Crippen LogP contribution in [0, 0.1) is 23.4 Å². The molecule has 0 bridgehead atoms. The summed E-state index contributed by atoms with van der Waals surface area (Å²) >= 11 is 0. The first-order chi connectivity index (χ1) is 13.0. The minimum Gasteiger partial charge on any atom is -0.352 e. The van der Waals surface area contributed by atoms with E-state index in [-0.39, 0.29) is 23.0 Å². The van der Waals surface area contributed by atoms with Crippen molar-refractivity contribution < 1.29 is 22.8 Å². The highest BCUT2D eigenvalue weighted by molar-refractivity contribution is 5.95. The lowest BCUT2D eigenvalue weighted by Gasteiger charge is -2.32. The quantitative estimate of drug-likeness (QED) is 0.889. The van der Waals surface area contributed by atoms with Crippen LogP contribution in [0.25, 0.3) is 0 Å². The van der Waals surface area contributed by atoms with Crippen LogP contribution in [0.3, 0.4) is 0 Å². The highest BCUT2D eigenvalue weighted by Gasteiger charge is 2.25. The Morgan fingerprint density at radius 1 is 0.963 bits per heavy atom. The van der Waals surface area contributed by atoms with Gasteiger partial charge in [-0.2, -0.15) is 0 Å². The Balaban J connectivity index is 1.49. The first-order valence-electron chi connectivity index (χ1n) is 8.72. The van der Waals surface area contributed by atoms with E-state index in [1.54, 1.807) is 11.0 Å². The summed E-state index contributed by atoms with van der Waals surface area (Å²) in [5.41, 5.74) is 0.114. The van der Waals surface area contributed by atoms with Gasteiger partial charge in [0.1, 0.15) is 5.82 Å². The Morgan fingerprint density at radius 2 is 1.67 bits per heavy atom. The van der Waals surface area contributed by atoms with Crippen LogP contribution >= 0.6 is 0 Å². The highest BCUT2D eigenvalue weighted by atomic mass is 19.2. The average molecular weight is 376 g/mol. The summed E-state index contributed by atoms with van der Waals surface area (Å²) in [4.78, 5) is 26.0. The molecule has 0 atom stereocenters. The van der Waals surface area contributed by atoms with E-state index in [9.17, 15) is 22.8 Å². The second-order valence-corrected chi connectivity index (χ2v) is 6.55. The minimum absolute atomic E-state index is 0.0565. The number of nitrogens with zero attached hydrogens (tertiary/aromatic N) is 1. The molecule has 2 amide bonds. The summed E-state index contributed by atoms with van der Waals surface area (Å²) in [5, 5.41) is 2.71. The molecule has 0 aromatic heterocycles. The molecule has 2 aromatic carbocycles. The second-order valence-electron chi connectivity index (χ2n) is 6.55. The largest absolute Gasteiger partial charge is 0.352 e. The van der Waals surface area contributed by atoms with Crippen LogP contribution in [0.1, 0.15) is 33.6 Å². The van der Waals surface area contributed by atoms with Gasteiger partial charge in [-0.15, -0.1) is 0 Å². The molecule has 1 aliphatic rings. The smallest absolute Gasteiger partial charge is 0.256 e. The van der Waals surface area contributed by atoms with Crippen molar-refractivity contribution in [2.75, 3.05) is 19.6 Å². The molecule has 1 heterocycles. The maximum atomic E-state index is 13.8. The number of carbonyl (C=O) groups is 2. The van der Waals surface area contributed by atoms with Crippen LogP contribution in [-0.2, 0) is 0 Å². The molecule has 4 nitrogen and oxygen atoms in total. The molecule has 142 valence electrons. The van der Waals surface area contributed by atoms with E-state index in [2.05, 4.69) is 5.32 Å². The Labute approximate surface area is 155 Å². The Bertz CT molecular complexity index is 849. The summed E-state index contributed by atoms with van der Waals surface area (Å²) in [7, 11) is 0. The van der Waals surface area contributed by atoms with E-state index in [0.29, 0.717) is 32.5 Å². The molecular formula is C20H19F3N2O2. The summed E-state index contributed by atoms with van der Waals surface area (Å²) in [6, 6.07) is 8.88. The monoisotopic (exact) mass is 376 g/mol. The van der Waals surface area contributed by atoms with Gasteiger partial charge < -0.3 is 10.2 Å². The Hall–Kier alpha value is -2.83. The molecule has 0 spiro atoms. The molecule has 1 aliphatic heterocycles. The summed E-state index contributed by atoms with van der Waals surface area (Å²) in [6.45, 7) is 1.32. The number of benzene rings is 2. The first kappa shape index (κ1) is 18.9. The predicted octanol–water partition coefficient (Wildman–Crippen LogP) is 3.39. The van der Waals surface area contributed by atoms with Gasteiger partial charge in [0, 0.05) is 25.2 Å². The maximum Gasteiger partial charge on any atom is 0.256 e. The van der Waals surface area contributed by atoms with Crippen molar-refractivity contribution >= 4 is 11.8 Å². The number of nitrogens with one attached hydrogen (secondary N) is 1. The lowest BCUT2D eigenvalue weighted by Crippen LogP contribution is -2.41. The predicted molar refractivity (Wildman–Crippen MR) is 93.7 cm³/mol. The molecular weight excluding hydrogens is 357 g/mol. The third-order valence-electron chi connectivity index (χ3n) is 4.74. The van der Waals surface area contributed by atoms with Gasteiger partial charge in [-0.1, -0.05) is 12.1 Å². The lowest BCUT2D eigenvalue weighted by molar-refractivity contribution is 0.0679. The molecule has 1 fully saturated rings. The van der Waals surface area contributed by atoms with Crippen molar-refractivity contribution in [1.82, 2.24) is 10.2 Å². The van der Waals surface area contributed by atoms with Crippen LogP contribution in [0.15, 0.2) is 42.5 Å². The number of piperidine rings is 1. The van der Waals surface area contributed by atoms with Gasteiger partial charge >= 0.3 is 0 Å². The van der Waals surface area contributed by atoms with Gasteiger partial charge in [0.15, 0.2) is 11.6 Å². The molecule has 0 saturated carbocycles. The minimum atomic E-state index is -1.07. The van der Waals surface area contributed by atoms with E-state index in [4.69, 9.17) is 0 Å². The SMILES string of the molecule is O=C(NCC1CCN(C(=O)c2ccccc2F)CC1)c1ccc(F)c(F)c1. The number of halogens is 3. The molecule has 0 unspecified atom stereocenters. The van der Waals surface area contributed by atoms with Gasteiger partial charge in [-0.25, -0.2) is 13.2 Å². The van der Waals surface area contributed by atoms with Crippen LogP contribution < -0.4 is 5.32 Å². The van der Waals surface area contributed by atoms with Gasteiger partial charge in [-0.05, 0) is 49.1 Å². The molecule has 0 aliphatic carbocycles. The second kappa shape index (κ2) is 8.24. The van der Waals surface area contributed by atoms with Crippen LogP contribution in [0.2, 0.25) is 0 Å². The zero-order valence-electron chi connectivity index (χ0n) is 14.6. The van der Waals surface area contributed by atoms with E-state index < -0.39 is 23.4 Å². The van der Waals surface area contributed by atoms with Crippen molar-refractivity contribution in [3.63, 3.8) is 0 Å². The van der Waals surface area contributed by atoms with E-state index in [1.165, 1.54) is 24.3 Å². The molecule has 3 rings (SSSR count). The van der Waals surface area contributed by atoms with Crippen molar-refractivity contribution in [2.45, 2.75) is 12.8 Å².